The maximum absolute atomic E-state index is 3.39. The minimum absolute atomic E-state index is 0. The zero-order valence-electron chi connectivity index (χ0n) is 21.2. The van der Waals surface area contributed by atoms with Crippen molar-refractivity contribution in [2.75, 3.05) is 13.1 Å². The number of nitrogens with one attached hydrogen (secondary N) is 1. The van der Waals surface area contributed by atoms with E-state index in [1.807, 2.05) is 30.3 Å². The quantitative estimate of drug-likeness (QED) is 0.186. The van der Waals surface area contributed by atoms with Crippen molar-refractivity contribution < 1.29 is 17.1 Å². The molecule has 1 N–H and O–H groups in total. The molecule has 0 atom stereocenters. The van der Waals surface area contributed by atoms with Gasteiger partial charge in [0, 0.05) is 17.1 Å². The molecule has 0 unspecified atom stereocenters. The van der Waals surface area contributed by atoms with Crippen LogP contribution in [-0.4, -0.2) is 23.4 Å². The first-order chi connectivity index (χ1) is 13.6. The van der Waals surface area contributed by atoms with E-state index in [1.54, 1.807) is 5.30 Å². The summed E-state index contributed by atoms with van der Waals surface area (Å²) in [7, 11) is -0.122. The molecule has 0 saturated carbocycles. The summed E-state index contributed by atoms with van der Waals surface area (Å²) in [4.78, 5) is 0. The van der Waals surface area contributed by atoms with E-state index in [9.17, 15) is 0 Å². The van der Waals surface area contributed by atoms with Crippen LogP contribution in [0.3, 0.4) is 0 Å². The van der Waals surface area contributed by atoms with Gasteiger partial charge in [0.2, 0.25) is 0 Å². The maximum atomic E-state index is 3.39. The van der Waals surface area contributed by atoms with E-state index in [0.29, 0.717) is 10.3 Å². The molecule has 0 aliphatic carbocycles. The molecule has 30 heavy (non-hydrogen) atoms. The Hall–Kier alpha value is -0.391. The molecule has 0 spiro atoms. The van der Waals surface area contributed by atoms with Crippen molar-refractivity contribution in [3.05, 3.63) is 54.1 Å². The molecule has 2 rings (SSSR count). The SMILES string of the molecule is CCCCNCCCC.Cc1ccc[c-]1P(C(C)(C)C)C(C)(C)C.[Fe].[cH-]1[cH-][cH-][cH-][cH-]1. The van der Waals surface area contributed by atoms with Gasteiger partial charge in [-0.25, -0.2) is 12.1 Å². The van der Waals surface area contributed by atoms with E-state index >= 15 is 0 Å². The molecule has 0 aromatic heterocycles. The monoisotopic (exact) mass is 473 g/mol. The molecule has 3 heteroatoms. The van der Waals surface area contributed by atoms with Crippen LogP contribution in [0, 0.1) is 6.92 Å². The Labute approximate surface area is 200 Å². The van der Waals surface area contributed by atoms with Gasteiger partial charge >= 0.3 is 0 Å². The Bertz CT molecular complexity index is 550. The summed E-state index contributed by atoms with van der Waals surface area (Å²) >= 11 is 0. The van der Waals surface area contributed by atoms with Gasteiger partial charge in [0.15, 0.2) is 0 Å². The van der Waals surface area contributed by atoms with E-state index in [0.717, 1.165) is 0 Å². The van der Waals surface area contributed by atoms with E-state index in [-0.39, 0.29) is 25.0 Å². The summed E-state index contributed by atoms with van der Waals surface area (Å²) in [5.74, 6) is 0. The Kier molecular flexibility index (Phi) is 18.2. The summed E-state index contributed by atoms with van der Waals surface area (Å²) < 4.78 is 0. The minimum atomic E-state index is -0.122. The predicted molar refractivity (Wildman–Crippen MR) is 138 cm³/mol. The standard InChI is InChI=1S/C14H24P.C8H19N.C5H5.Fe/c1-11-9-8-10-12(11)15(13(2,3)4)14(5,6)7;1-3-5-7-9-8-6-4-2;1-2-4-5-3-1;/h8-10H,1-7H3;9H,3-8H2,1-2H3;1-5H;/q-1;;-5;. The van der Waals surface area contributed by atoms with Gasteiger partial charge in [-0.2, -0.15) is 11.6 Å². The number of hydrogen-bond donors (Lipinski definition) is 1. The molecule has 1 nitrogen and oxygen atoms in total. The summed E-state index contributed by atoms with van der Waals surface area (Å²) in [5.41, 5.74) is 1.46. The molecule has 0 aliphatic heterocycles. The third kappa shape index (κ3) is 14.6. The zero-order chi connectivity index (χ0) is 22.3. The van der Waals surface area contributed by atoms with Gasteiger partial charge in [-0.05, 0) is 36.2 Å². The van der Waals surface area contributed by atoms with Crippen molar-refractivity contribution in [1.82, 2.24) is 5.32 Å². The van der Waals surface area contributed by atoms with Crippen molar-refractivity contribution in [2.45, 2.75) is 98.3 Å². The topological polar surface area (TPSA) is 12.0 Å². The Morgan fingerprint density at radius 1 is 0.833 bits per heavy atom. The Morgan fingerprint density at radius 2 is 1.23 bits per heavy atom. The van der Waals surface area contributed by atoms with Crippen LogP contribution in [0.25, 0.3) is 0 Å². The summed E-state index contributed by atoms with van der Waals surface area (Å²) in [6.45, 7) is 23.3. The first kappa shape index (κ1) is 31.8. The smallest absolute Gasteiger partial charge is 0 e. The fraction of sp³-hybridized carbons (Fsp3) is 0.630. The summed E-state index contributed by atoms with van der Waals surface area (Å²) in [5, 5.41) is 5.74. The number of rotatable bonds is 7. The van der Waals surface area contributed by atoms with Gasteiger partial charge in [-0.15, -0.1) is 13.2 Å². The average Bonchev–Trinajstić information content (AvgIpc) is 3.29. The van der Waals surface area contributed by atoms with Crippen molar-refractivity contribution >= 4 is 13.2 Å². The molecular formula is C27H48FeNP-6. The molecule has 0 amide bonds. The van der Waals surface area contributed by atoms with E-state index in [4.69, 9.17) is 0 Å². The molecule has 0 heterocycles. The van der Waals surface area contributed by atoms with Gasteiger partial charge in [0.05, 0.1) is 0 Å². The third-order valence-corrected chi connectivity index (χ3v) is 8.22. The number of hydrogen-bond acceptors (Lipinski definition) is 1. The molecule has 0 aliphatic rings. The second kappa shape index (κ2) is 17.2. The van der Waals surface area contributed by atoms with Crippen LogP contribution in [-0.2, 0) is 17.1 Å². The normalized spacial score (nSPS) is 11.1. The number of unbranched alkanes of at least 4 members (excludes halogenated alkanes) is 2. The fourth-order valence-corrected chi connectivity index (χ4v) is 7.65. The van der Waals surface area contributed by atoms with Crippen LogP contribution in [0.4, 0.5) is 0 Å². The van der Waals surface area contributed by atoms with Gasteiger partial charge in [0.25, 0.3) is 0 Å². The van der Waals surface area contributed by atoms with Crippen molar-refractivity contribution in [1.29, 1.82) is 0 Å². The van der Waals surface area contributed by atoms with Crippen molar-refractivity contribution in [3.63, 3.8) is 0 Å². The predicted octanol–water partition coefficient (Wildman–Crippen LogP) is 8.00. The van der Waals surface area contributed by atoms with Gasteiger partial charge in [0.1, 0.15) is 0 Å². The van der Waals surface area contributed by atoms with Crippen LogP contribution in [0.5, 0.6) is 0 Å². The molecule has 0 fully saturated rings. The molecule has 180 valence electrons. The Morgan fingerprint density at radius 3 is 1.50 bits per heavy atom. The summed E-state index contributed by atoms with van der Waals surface area (Å²) in [6, 6.07) is 16.7. The minimum Gasteiger partial charge on any atom is -0.748 e. The maximum Gasteiger partial charge on any atom is 0 e. The van der Waals surface area contributed by atoms with Crippen molar-refractivity contribution in [3.8, 4) is 0 Å². The van der Waals surface area contributed by atoms with Crippen LogP contribution in [0.2, 0.25) is 0 Å². The Balaban J connectivity index is 0. The molecule has 0 saturated heterocycles. The van der Waals surface area contributed by atoms with E-state index in [1.165, 1.54) is 44.3 Å². The first-order valence-electron chi connectivity index (χ1n) is 11.5. The van der Waals surface area contributed by atoms with E-state index < -0.39 is 0 Å². The molecular weight excluding hydrogens is 425 g/mol. The van der Waals surface area contributed by atoms with Crippen LogP contribution < -0.4 is 10.6 Å². The zero-order valence-corrected chi connectivity index (χ0v) is 23.2. The number of aryl methyl sites for hydroxylation is 1. The summed E-state index contributed by atoms with van der Waals surface area (Å²) in [6.07, 6.45) is 5.26. The van der Waals surface area contributed by atoms with Crippen LogP contribution in [0.1, 0.15) is 86.6 Å². The van der Waals surface area contributed by atoms with Crippen LogP contribution >= 0.6 is 7.92 Å². The van der Waals surface area contributed by atoms with Crippen molar-refractivity contribution in [2.24, 2.45) is 0 Å². The molecule has 2 aromatic rings. The molecule has 0 radical (unpaired) electrons. The second-order valence-electron chi connectivity index (χ2n) is 9.69. The van der Waals surface area contributed by atoms with Gasteiger partial charge < -0.3 is 35.6 Å². The van der Waals surface area contributed by atoms with Crippen LogP contribution in [0.15, 0.2) is 48.5 Å². The van der Waals surface area contributed by atoms with Gasteiger partial charge in [-0.1, -0.05) is 75.2 Å². The third-order valence-electron chi connectivity index (χ3n) is 4.56. The fourth-order valence-electron chi connectivity index (χ4n) is 3.53. The largest absolute Gasteiger partial charge is 0.748 e. The van der Waals surface area contributed by atoms with E-state index in [2.05, 4.69) is 85.8 Å². The molecule has 0 bridgehead atoms. The van der Waals surface area contributed by atoms with Gasteiger partial charge in [-0.3, -0.25) is 0 Å². The first-order valence-corrected chi connectivity index (χ1v) is 12.8. The molecule has 2 aromatic carbocycles. The average molecular weight is 474 g/mol. The second-order valence-corrected chi connectivity index (χ2v) is 13.5.